The molecular formula is C23H31FN2O2. The Morgan fingerprint density at radius 2 is 1.64 bits per heavy atom. The number of anilines is 1. The molecule has 4 bridgehead atoms. The highest BCUT2D eigenvalue weighted by Crippen LogP contribution is 2.60. The molecule has 0 unspecified atom stereocenters. The number of hydrogen-bond acceptors (Lipinski definition) is 2. The molecule has 4 aliphatic rings. The Kier molecular flexibility index (Phi) is 4.96. The van der Waals surface area contributed by atoms with Crippen LogP contribution in [0.25, 0.3) is 0 Å². The van der Waals surface area contributed by atoms with E-state index >= 15 is 0 Å². The van der Waals surface area contributed by atoms with E-state index in [0.29, 0.717) is 23.4 Å². The SMILES string of the molecule is Cc1ccc(F)cc1NC(=O)[C@@H](NC(=O)C12CC3CC(CC(C3)C1)C2)C(C)C. The summed E-state index contributed by atoms with van der Waals surface area (Å²) >= 11 is 0. The first-order chi connectivity index (χ1) is 13.3. The van der Waals surface area contributed by atoms with E-state index in [-0.39, 0.29) is 29.0 Å². The maximum absolute atomic E-state index is 13.6. The van der Waals surface area contributed by atoms with Crippen LogP contribution in [0.1, 0.15) is 57.9 Å². The van der Waals surface area contributed by atoms with Gasteiger partial charge < -0.3 is 10.6 Å². The van der Waals surface area contributed by atoms with Crippen LogP contribution in [0.5, 0.6) is 0 Å². The van der Waals surface area contributed by atoms with E-state index < -0.39 is 6.04 Å². The van der Waals surface area contributed by atoms with Crippen molar-refractivity contribution in [3.05, 3.63) is 29.6 Å². The molecule has 2 amide bonds. The number of rotatable bonds is 5. The van der Waals surface area contributed by atoms with E-state index in [9.17, 15) is 14.0 Å². The van der Waals surface area contributed by atoms with Crippen LogP contribution in [0.15, 0.2) is 18.2 Å². The van der Waals surface area contributed by atoms with Crippen molar-refractivity contribution in [1.29, 1.82) is 0 Å². The third-order valence-corrected chi connectivity index (χ3v) is 7.21. The smallest absolute Gasteiger partial charge is 0.247 e. The summed E-state index contributed by atoms with van der Waals surface area (Å²) in [5.74, 6) is 1.37. The first-order valence-corrected chi connectivity index (χ1v) is 10.6. The van der Waals surface area contributed by atoms with E-state index in [4.69, 9.17) is 0 Å². The fourth-order valence-electron chi connectivity index (χ4n) is 6.16. The molecule has 0 spiro atoms. The Hall–Kier alpha value is -1.91. The Labute approximate surface area is 166 Å². The lowest BCUT2D eigenvalue weighted by molar-refractivity contribution is -0.148. The van der Waals surface area contributed by atoms with Crippen LogP contribution < -0.4 is 10.6 Å². The summed E-state index contributed by atoms with van der Waals surface area (Å²) in [6.07, 6.45) is 6.75. The summed E-state index contributed by atoms with van der Waals surface area (Å²) in [4.78, 5) is 26.3. The summed E-state index contributed by atoms with van der Waals surface area (Å²) in [6.45, 7) is 5.69. The number of aryl methyl sites for hydroxylation is 1. The van der Waals surface area contributed by atoms with Gasteiger partial charge in [0.2, 0.25) is 11.8 Å². The number of benzene rings is 1. The summed E-state index contributed by atoms with van der Waals surface area (Å²) in [5, 5.41) is 5.90. The Morgan fingerprint density at radius 3 is 2.18 bits per heavy atom. The van der Waals surface area contributed by atoms with Crippen LogP contribution >= 0.6 is 0 Å². The molecule has 0 heterocycles. The van der Waals surface area contributed by atoms with E-state index in [2.05, 4.69) is 10.6 Å². The van der Waals surface area contributed by atoms with Gasteiger partial charge in [-0.15, -0.1) is 0 Å². The molecule has 0 saturated heterocycles. The lowest BCUT2D eigenvalue weighted by atomic mass is 9.49. The zero-order chi connectivity index (χ0) is 20.1. The summed E-state index contributed by atoms with van der Waals surface area (Å²) in [6, 6.07) is 3.72. The largest absolute Gasteiger partial charge is 0.344 e. The zero-order valence-corrected chi connectivity index (χ0v) is 17.1. The van der Waals surface area contributed by atoms with Crippen LogP contribution in [0.3, 0.4) is 0 Å². The maximum Gasteiger partial charge on any atom is 0.247 e. The standard InChI is InChI=1S/C23H31FN2O2/c1-13(2)20(21(27)25-19-9-18(24)5-4-14(19)3)26-22(28)23-10-15-6-16(11-23)8-17(7-15)12-23/h4-5,9,13,15-17,20H,6-8,10-12H2,1-3H3,(H,25,27)(H,26,28)/t15?,16?,17?,20-,23?/m0/s1. The highest BCUT2D eigenvalue weighted by atomic mass is 19.1. The lowest BCUT2D eigenvalue weighted by Gasteiger charge is -2.55. The molecule has 5 rings (SSSR count). The summed E-state index contributed by atoms with van der Waals surface area (Å²) in [5.41, 5.74) is 0.973. The molecular weight excluding hydrogens is 355 g/mol. The lowest BCUT2D eigenvalue weighted by Crippen LogP contribution is -2.57. The van der Waals surface area contributed by atoms with Crippen molar-refractivity contribution < 1.29 is 14.0 Å². The van der Waals surface area contributed by atoms with Crippen molar-refractivity contribution in [1.82, 2.24) is 5.32 Å². The van der Waals surface area contributed by atoms with Gasteiger partial charge in [0.15, 0.2) is 0 Å². The van der Waals surface area contributed by atoms with Gasteiger partial charge >= 0.3 is 0 Å². The molecule has 4 nitrogen and oxygen atoms in total. The number of carbonyl (C=O) groups excluding carboxylic acids is 2. The molecule has 0 radical (unpaired) electrons. The molecule has 0 aromatic heterocycles. The minimum atomic E-state index is -0.622. The van der Waals surface area contributed by atoms with Crippen LogP contribution in [-0.2, 0) is 9.59 Å². The fourth-order valence-corrected chi connectivity index (χ4v) is 6.16. The number of amides is 2. The van der Waals surface area contributed by atoms with Crippen molar-refractivity contribution in [3.8, 4) is 0 Å². The topological polar surface area (TPSA) is 58.2 Å². The van der Waals surface area contributed by atoms with E-state index in [1.807, 2.05) is 20.8 Å². The van der Waals surface area contributed by atoms with E-state index in [0.717, 1.165) is 24.8 Å². The molecule has 1 aromatic carbocycles. The highest BCUT2D eigenvalue weighted by Gasteiger charge is 2.55. The number of carbonyl (C=O) groups is 2. The fraction of sp³-hybridized carbons (Fsp3) is 0.652. The van der Waals surface area contributed by atoms with Gasteiger partial charge in [-0.2, -0.15) is 0 Å². The van der Waals surface area contributed by atoms with Crippen molar-refractivity contribution >= 4 is 17.5 Å². The second kappa shape index (κ2) is 7.16. The first-order valence-electron chi connectivity index (χ1n) is 10.6. The maximum atomic E-state index is 13.6. The average Bonchev–Trinajstić information content (AvgIpc) is 2.61. The van der Waals surface area contributed by atoms with Gasteiger partial charge in [-0.3, -0.25) is 9.59 Å². The Morgan fingerprint density at radius 1 is 1.07 bits per heavy atom. The molecule has 0 aliphatic heterocycles. The van der Waals surface area contributed by atoms with Crippen molar-refractivity contribution in [3.63, 3.8) is 0 Å². The van der Waals surface area contributed by atoms with Gasteiger partial charge in [0, 0.05) is 11.1 Å². The zero-order valence-electron chi connectivity index (χ0n) is 17.1. The quantitative estimate of drug-likeness (QED) is 0.786. The first kappa shape index (κ1) is 19.4. The van der Waals surface area contributed by atoms with Crippen molar-refractivity contribution in [2.24, 2.45) is 29.1 Å². The molecule has 5 heteroatoms. The van der Waals surface area contributed by atoms with E-state index in [1.54, 1.807) is 6.07 Å². The average molecular weight is 387 g/mol. The third kappa shape index (κ3) is 3.56. The molecule has 4 aliphatic carbocycles. The van der Waals surface area contributed by atoms with Gasteiger partial charge in [0.05, 0.1) is 0 Å². The van der Waals surface area contributed by atoms with E-state index in [1.165, 1.54) is 31.4 Å². The number of nitrogens with one attached hydrogen (secondary N) is 2. The predicted octanol–water partition coefficient (Wildman–Crippen LogP) is 4.43. The van der Waals surface area contributed by atoms with Crippen molar-refractivity contribution in [2.75, 3.05) is 5.32 Å². The van der Waals surface area contributed by atoms with Gasteiger partial charge in [-0.05, 0) is 86.8 Å². The normalized spacial score (nSPS) is 31.7. The van der Waals surface area contributed by atoms with Crippen LogP contribution in [0.4, 0.5) is 10.1 Å². The minimum absolute atomic E-state index is 0.0493. The van der Waals surface area contributed by atoms with Gasteiger partial charge in [0.25, 0.3) is 0 Å². The number of halogens is 1. The second-order valence-corrected chi connectivity index (χ2v) is 9.84. The molecule has 2 N–H and O–H groups in total. The highest BCUT2D eigenvalue weighted by molar-refractivity contribution is 5.98. The molecule has 4 saturated carbocycles. The van der Waals surface area contributed by atoms with Crippen molar-refractivity contribution in [2.45, 2.75) is 65.3 Å². The third-order valence-electron chi connectivity index (χ3n) is 7.21. The summed E-state index contributed by atoms with van der Waals surface area (Å²) in [7, 11) is 0. The minimum Gasteiger partial charge on any atom is -0.344 e. The van der Waals surface area contributed by atoms with Crippen LogP contribution in [0.2, 0.25) is 0 Å². The van der Waals surface area contributed by atoms with Gasteiger partial charge in [-0.1, -0.05) is 19.9 Å². The van der Waals surface area contributed by atoms with Crippen LogP contribution in [-0.4, -0.2) is 17.9 Å². The molecule has 1 atom stereocenters. The Bertz CT molecular complexity index is 754. The molecule has 28 heavy (non-hydrogen) atoms. The monoisotopic (exact) mass is 386 g/mol. The number of hydrogen-bond donors (Lipinski definition) is 2. The Balaban J connectivity index is 1.48. The van der Waals surface area contributed by atoms with Gasteiger partial charge in [0.1, 0.15) is 11.9 Å². The molecule has 152 valence electrons. The predicted molar refractivity (Wildman–Crippen MR) is 107 cm³/mol. The van der Waals surface area contributed by atoms with Crippen LogP contribution in [0, 0.1) is 41.8 Å². The molecule has 1 aromatic rings. The van der Waals surface area contributed by atoms with Gasteiger partial charge in [-0.25, -0.2) is 4.39 Å². The summed E-state index contributed by atoms with van der Waals surface area (Å²) < 4.78 is 13.6. The molecule has 4 fully saturated rings. The second-order valence-electron chi connectivity index (χ2n) is 9.84.